The highest BCUT2D eigenvalue weighted by molar-refractivity contribution is 5.34. The van der Waals surface area contributed by atoms with E-state index in [1.165, 1.54) is 11.1 Å². The number of alkyl halides is 2. The molecule has 0 aromatic heterocycles. The Morgan fingerprint density at radius 1 is 1.05 bits per heavy atom. The Morgan fingerprint density at radius 2 is 1.71 bits per heavy atom. The van der Waals surface area contributed by atoms with Crippen molar-refractivity contribution in [3.05, 3.63) is 65.2 Å². The van der Waals surface area contributed by atoms with Gasteiger partial charge in [-0.15, -0.1) is 0 Å². The zero-order valence-corrected chi connectivity index (χ0v) is 12.1. The number of halogens is 2. The Kier molecular flexibility index (Phi) is 5.28. The van der Waals surface area contributed by atoms with Crippen LogP contribution in [0.15, 0.2) is 48.5 Å². The second kappa shape index (κ2) is 7.18. The first-order valence-corrected chi connectivity index (χ1v) is 6.89. The Bertz CT molecular complexity index is 587. The maximum absolute atomic E-state index is 12.4. The Hall–Kier alpha value is -1.94. The third-order valence-corrected chi connectivity index (χ3v) is 3.44. The number of para-hydroxylation sites is 1. The van der Waals surface area contributed by atoms with Gasteiger partial charge < -0.3 is 10.1 Å². The molecule has 0 heterocycles. The molecule has 112 valence electrons. The van der Waals surface area contributed by atoms with Crippen molar-refractivity contribution in [1.82, 2.24) is 5.32 Å². The number of aryl methyl sites for hydroxylation is 1. The van der Waals surface area contributed by atoms with E-state index in [0.29, 0.717) is 6.54 Å². The molecule has 4 heteroatoms. The zero-order valence-electron chi connectivity index (χ0n) is 12.1. The molecule has 2 nitrogen and oxygen atoms in total. The van der Waals surface area contributed by atoms with Crippen LogP contribution in [-0.4, -0.2) is 6.61 Å². The molecule has 0 unspecified atom stereocenters. The second-order valence-electron chi connectivity index (χ2n) is 4.95. The maximum atomic E-state index is 12.4. The van der Waals surface area contributed by atoms with Crippen LogP contribution in [0.1, 0.15) is 29.7 Å². The summed E-state index contributed by atoms with van der Waals surface area (Å²) in [5, 5.41) is 3.34. The Balaban J connectivity index is 2.05. The minimum atomic E-state index is -2.81. The summed E-state index contributed by atoms with van der Waals surface area (Å²) < 4.78 is 29.3. The number of hydrogen-bond donors (Lipinski definition) is 1. The molecule has 0 saturated carbocycles. The lowest BCUT2D eigenvalue weighted by Crippen LogP contribution is -2.19. The van der Waals surface area contributed by atoms with Crippen molar-refractivity contribution in [2.75, 3.05) is 0 Å². The van der Waals surface area contributed by atoms with Crippen molar-refractivity contribution in [3.8, 4) is 5.75 Å². The van der Waals surface area contributed by atoms with Crippen LogP contribution in [0, 0.1) is 6.92 Å². The van der Waals surface area contributed by atoms with Gasteiger partial charge in [0.2, 0.25) is 0 Å². The van der Waals surface area contributed by atoms with Crippen molar-refractivity contribution in [1.29, 1.82) is 0 Å². The molecule has 2 aromatic carbocycles. The fourth-order valence-corrected chi connectivity index (χ4v) is 2.31. The number of nitrogens with one attached hydrogen (secondary N) is 1. The Morgan fingerprint density at radius 3 is 2.43 bits per heavy atom. The summed E-state index contributed by atoms with van der Waals surface area (Å²) in [6.07, 6.45) is 0. The van der Waals surface area contributed by atoms with Gasteiger partial charge in [0.1, 0.15) is 5.75 Å². The van der Waals surface area contributed by atoms with Gasteiger partial charge in [-0.25, -0.2) is 0 Å². The van der Waals surface area contributed by atoms with Gasteiger partial charge in [-0.3, -0.25) is 0 Å². The minimum absolute atomic E-state index is 0.130. The summed E-state index contributed by atoms with van der Waals surface area (Å²) in [6, 6.07) is 15.1. The zero-order chi connectivity index (χ0) is 15.2. The summed E-state index contributed by atoms with van der Waals surface area (Å²) in [7, 11) is 0. The molecule has 0 aliphatic heterocycles. The predicted octanol–water partition coefficient (Wildman–Crippen LogP) is 4.45. The van der Waals surface area contributed by atoms with Gasteiger partial charge in [0, 0.05) is 18.2 Å². The number of hydrogen-bond acceptors (Lipinski definition) is 2. The van der Waals surface area contributed by atoms with Crippen molar-refractivity contribution in [2.45, 2.75) is 33.0 Å². The average Bonchev–Trinajstić information content (AvgIpc) is 2.46. The molecule has 1 N–H and O–H groups in total. The molecule has 1 atom stereocenters. The molecule has 2 rings (SSSR count). The highest BCUT2D eigenvalue weighted by atomic mass is 19.3. The molecular weight excluding hydrogens is 272 g/mol. The van der Waals surface area contributed by atoms with Gasteiger partial charge in [-0.1, -0.05) is 42.5 Å². The van der Waals surface area contributed by atoms with Crippen LogP contribution >= 0.6 is 0 Å². The van der Waals surface area contributed by atoms with E-state index in [0.717, 1.165) is 5.56 Å². The lowest BCUT2D eigenvalue weighted by Gasteiger charge is -2.18. The summed E-state index contributed by atoms with van der Waals surface area (Å²) in [4.78, 5) is 0. The first-order chi connectivity index (χ1) is 10.1. The highest BCUT2D eigenvalue weighted by Crippen LogP contribution is 2.22. The first kappa shape index (κ1) is 15.4. The molecule has 0 saturated heterocycles. The second-order valence-corrected chi connectivity index (χ2v) is 4.95. The molecule has 0 spiro atoms. The minimum Gasteiger partial charge on any atom is -0.434 e. The lowest BCUT2D eigenvalue weighted by molar-refractivity contribution is -0.0505. The number of rotatable bonds is 6. The van der Waals surface area contributed by atoms with E-state index in [2.05, 4.69) is 36.0 Å². The van der Waals surface area contributed by atoms with Gasteiger partial charge in [0.15, 0.2) is 0 Å². The summed E-state index contributed by atoms with van der Waals surface area (Å²) in [6.45, 7) is 1.78. The van der Waals surface area contributed by atoms with Crippen LogP contribution in [0.3, 0.4) is 0 Å². The van der Waals surface area contributed by atoms with Gasteiger partial charge in [0.05, 0.1) is 0 Å². The van der Waals surface area contributed by atoms with Gasteiger partial charge in [0.25, 0.3) is 0 Å². The van der Waals surface area contributed by atoms with Crippen LogP contribution in [0.5, 0.6) is 5.75 Å². The standard InChI is InChI=1S/C17H19F2NO/c1-12-7-3-5-9-15(12)13(2)20-11-14-8-4-6-10-16(14)21-17(18)19/h3-10,13,17,20H,11H2,1-2H3/t13-/m0/s1. The summed E-state index contributed by atoms with van der Waals surface area (Å²) in [5.41, 5.74) is 3.12. The number of benzene rings is 2. The molecule has 0 aliphatic rings. The topological polar surface area (TPSA) is 21.3 Å². The molecule has 0 bridgehead atoms. The molecule has 21 heavy (non-hydrogen) atoms. The smallest absolute Gasteiger partial charge is 0.387 e. The normalized spacial score (nSPS) is 12.4. The van der Waals surface area contributed by atoms with Crippen LogP contribution in [0.4, 0.5) is 8.78 Å². The predicted molar refractivity (Wildman–Crippen MR) is 79.5 cm³/mol. The first-order valence-electron chi connectivity index (χ1n) is 6.89. The average molecular weight is 291 g/mol. The quantitative estimate of drug-likeness (QED) is 0.849. The maximum Gasteiger partial charge on any atom is 0.387 e. The van der Waals surface area contributed by atoms with Crippen LogP contribution < -0.4 is 10.1 Å². The summed E-state index contributed by atoms with van der Waals surface area (Å²) >= 11 is 0. The van der Waals surface area contributed by atoms with E-state index in [9.17, 15) is 8.78 Å². The largest absolute Gasteiger partial charge is 0.434 e. The van der Waals surface area contributed by atoms with Crippen LogP contribution in [-0.2, 0) is 6.54 Å². The third-order valence-electron chi connectivity index (χ3n) is 3.44. The molecule has 0 fully saturated rings. The van der Waals surface area contributed by atoms with E-state index in [1.807, 2.05) is 18.2 Å². The fraction of sp³-hybridized carbons (Fsp3) is 0.294. The monoisotopic (exact) mass is 291 g/mol. The molecule has 0 aliphatic carbocycles. The fourth-order valence-electron chi connectivity index (χ4n) is 2.31. The highest BCUT2D eigenvalue weighted by Gasteiger charge is 2.11. The summed E-state index contributed by atoms with van der Waals surface area (Å²) in [5.74, 6) is 0.219. The van der Waals surface area contributed by atoms with Crippen molar-refractivity contribution in [2.24, 2.45) is 0 Å². The van der Waals surface area contributed by atoms with Gasteiger partial charge >= 0.3 is 6.61 Å². The molecular formula is C17H19F2NO. The third kappa shape index (κ3) is 4.26. The SMILES string of the molecule is Cc1ccccc1[C@H](C)NCc1ccccc1OC(F)F. The van der Waals surface area contributed by atoms with Crippen molar-refractivity contribution in [3.63, 3.8) is 0 Å². The number of ether oxygens (including phenoxy) is 1. The van der Waals surface area contributed by atoms with Crippen LogP contribution in [0.25, 0.3) is 0 Å². The van der Waals surface area contributed by atoms with Crippen LogP contribution in [0.2, 0.25) is 0 Å². The Labute approximate surface area is 123 Å². The van der Waals surface area contributed by atoms with E-state index < -0.39 is 6.61 Å². The molecule has 0 amide bonds. The van der Waals surface area contributed by atoms with Gasteiger partial charge in [-0.2, -0.15) is 8.78 Å². The molecule has 2 aromatic rings. The van der Waals surface area contributed by atoms with Gasteiger partial charge in [-0.05, 0) is 31.0 Å². The molecule has 0 radical (unpaired) electrons. The van der Waals surface area contributed by atoms with E-state index in [1.54, 1.807) is 18.2 Å². The van der Waals surface area contributed by atoms with E-state index in [-0.39, 0.29) is 11.8 Å². The van der Waals surface area contributed by atoms with Crippen molar-refractivity contribution < 1.29 is 13.5 Å². The van der Waals surface area contributed by atoms with E-state index >= 15 is 0 Å². The lowest BCUT2D eigenvalue weighted by atomic mass is 10.0. The van der Waals surface area contributed by atoms with Crippen molar-refractivity contribution >= 4 is 0 Å². The van der Waals surface area contributed by atoms with E-state index in [4.69, 9.17) is 0 Å².